The monoisotopic (exact) mass is 338 g/mol. The Morgan fingerprint density at radius 2 is 1.84 bits per heavy atom. The molecule has 1 aliphatic rings. The lowest BCUT2D eigenvalue weighted by Crippen LogP contribution is -2.41. The van der Waals surface area contributed by atoms with Gasteiger partial charge in [0.2, 0.25) is 5.91 Å². The molecule has 25 heavy (non-hydrogen) atoms. The van der Waals surface area contributed by atoms with Crippen LogP contribution in [0.4, 0.5) is 5.69 Å². The van der Waals surface area contributed by atoms with Gasteiger partial charge in [-0.15, -0.1) is 0 Å². The number of aryl methyl sites for hydroxylation is 2. The van der Waals surface area contributed by atoms with Crippen LogP contribution in [0.5, 0.6) is 5.75 Å². The fraction of sp³-hybridized carbons (Fsp3) is 0.300. The number of rotatable bonds is 4. The van der Waals surface area contributed by atoms with Crippen molar-refractivity contribution in [1.82, 2.24) is 5.32 Å². The number of hydrogen-bond donors (Lipinski definition) is 1. The second-order valence-corrected chi connectivity index (χ2v) is 6.30. The van der Waals surface area contributed by atoms with Gasteiger partial charge in [-0.25, -0.2) is 0 Å². The SMILES string of the molecule is COc1ccc(C(=O)N[C@H]2CCN(c3ccc(C)c(C)c3)C2=O)cc1. The quantitative estimate of drug-likeness (QED) is 0.932. The molecule has 1 fully saturated rings. The van der Waals surface area contributed by atoms with Gasteiger partial charge < -0.3 is 15.0 Å². The van der Waals surface area contributed by atoms with E-state index in [2.05, 4.69) is 5.32 Å². The lowest BCUT2D eigenvalue weighted by molar-refractivity contribution is -0.118. The minimum absolute atomic E-state index is 0.0647. The van der Waals surface area contributed by atoms with Crippen LogP contribution in [0.25, 0.3) is 0 Å². The number of methoxy groups -OCH3 is 1. The number of ether oxygens (including phenoxy) is 1. The lowest BCUT2D eigenvalue weighted by Gasteiger charge is -2.18. The third-order valence-electron chi connectivity index (χ3n) is 4.67. The lowest BCUT2D eigenvalue weighted by atomic mass is 10.1. The van der Waals surface area contributed by atoms with Crippen molar-refractivity contribution in [2.45, 2.75) is 26.3 Å². The van der Waals surface area contributed by atoms with Gasteiger partial charge in [-0.1, -0.05) is 6.07 Å². The van der Waals surface area contributed by atoms with E-state index in [1.165, 1.54) is 5.56 Å². The zero-order valence-corrected chi connectivity index (χ0v) is 14.7. The fourth-order valence-corrected chi connectivity index (χ4v) is 2.95. The molecule has 0 aliphatic carbocycles. The van der Waals surface area contributed by atoms with Gasteiger partial charge >= 0.3 is 0 Å². The van der Waals surface area contributed by atoms with Crippen molar-refractivity contribution in [3.05, 3.63) is 59.2 Å². The van der Waals surface area contributed by atoms with E-state index < -0.39 is 6.04 Å². The number of benzene rings is 2. The maximum absolute atomic E-state index is 12.7. The summed E-state index contributed by atoms with van der Waals surface area (Å²) in [5, 5.41) is 2.84. The van der Waals surface area contributed by atoms with Crippen LogP contribution in [0.15, 0.2) is 42.5 Å². The first kappa shape index (κ1) is 17.0. The molecule has 0 radical (unpaired) electrons. The summed E-state index contributed by atoms with van der Waals surface area (Å²) in [4.78, 5) is 26.8. The Morgan fingerprint density at radius 1 is 1.12 bits per heavy atom. The molecule has 1 saturated heterocycles. The van der Waals surface area contributed by atoms with E-state index in [1.807, 2.05) is 32.0 Å². The van der Waals surface area contributed by atoms with Crippen molar-refractivity contribution in [3.63, 3.8) is 0 Å². The molecule has 3 rings (SSSR count). The van der Waals surface area contributed by atoms with Crippen LogP contribution >= 0.6 is 0 Å². The molecular formula is C20H22N2O3. The summed E-state index contributed by atoms with van der Waals surface area (Å²) in [6.45, 7) is 4.68. The van der Waals surface area contributed by atoms with Crippen LogP contribution in [-0.2, 0) is 4.79 Å². The van der Waals surface area contributed by atoms with Gasteiger partial charge in [-0.3, -0.25) is 9.59 Å². The predicted molar refractivity (Wildman–Crippen MR) is 97.1 cm³/mol. The van der Waals surface area contributed by atoms with Gasteiger partial charge in [0.05, 0.1) is 7.11 Å². The molecule has 1 aliphatic heterocycles. The van der Waals surface area contributed by atoms with E-state index in [4.69, 9.17) is 4.74 Å². The topological polar surface area (TPSA) is 58.6 Å². The Balaban J connectivity index is 1.68. The van der Waals surface area contributed by atoms with Crippen molar-refractivity contribution >= 4 is 17.5 Å². The van der Waals surface area contributed by atoms with Crippen LogP contribution in [0.2, 0.25) is 0 Å². The second kappa shape index (κ2) is 6.97. The molecule has 2 aromatic carbocycles. The van der Waals surface area contributed by atoms with Crippen molar-refractivity contribution < 1.29 is 14.3 Å². The largest absolute Gasteiger partial charge is 0.497 e. The molecule has 0 spiro atoms. The molecule has 1 N–H and O–H groups in total. The Labute approximate surface area is 147 Å². The normalized spacial score (nSPS) is 16.8. The average Bonchev–Trinajstić information content (AvgIpc) is 2.98. The highest BCUT2D eigenvalue weighted by Crippen LogP contribution is 2.24. The van der Waals surface area contributed by atoms with E-state index in [0.717, 1.165) is 11.3 Å². The molecule has 5 heteroatoms. The smallest absolute Gasteiger partial charge is 0.251 e. The first-order valence-electron chi connectivity index (χ1n) is 8.33. The maximum atomic E-state index is 12.7. The van der Waals surface area contributed by atoms with Crippen LogP contribution in [0.3, 0.4) is 0 Å². The zero-order chi connectivity index (χ0) is 18.0. The van der Waals surface area contributed by atoms with Crippen molar-refractivity contribution in [3.8, 4) is 5.75 Å². The second-order valence-electron chi connectivity index (χ2n) is 6.30. The highest BCUT2D eigenvalue weighted by atomic mass is 16.5. The molecule has 0 aromatic heterocycles. The number of carbonyl (C=O) groups is 2. The summed E-state index contributed by atoms with van der Waals surface area (Å²) in [7, 11) is 1.58. The van der Waals surface area contributed by atoms with Crippen LogP contribution in [-0.4, -0.2) is 31.5 Å². The van der Waals surface area contributed by atoms with E-state index in [0.29, 0.717) is 24.3 Å². The molecule has 1 heterocycles. The van der Waals surface area contributed by atoms with Crippen LogP contribution in [0, 0.1) is 13.8 Å². The Hall–Kier alpha value is -2.82. The average molecular weight is 338 g/mol. The number of anilines is 1. The van der Waals surface area contributed by atoms with E-state index in [9.17, 15) is 9.59 Å². The standard InChI is InChI=1S/C20H22N2O3/c1-13-4-7-16(12-14(13)2)22-11-10-18(20(22)24)21-19(23)15-5-8-17(25-3)9-6-15/h4-9,12,18H,10-11H2,1-3H3,(H,21,23)/t18-/m0/s1. The van der Waals surface area contributed by atoms with Gasteiger partial charge in [0.1, 0.15) is 11.8 Å². The molecule has 130 valence electrons. The summed E-state index contributed by atoms with van der Waals surface area (Å²) >= 11 is 0. The highest BCUT2D eigenvalue weighted by molar-refractivity contribution is 6.04. The van der Waals surface area contributed by atoms with Crippen LogP contribution < -0.4 is 15.0 Å². The third kappa shape index (κ3) is 3.50. The molecule has 1 atom stereocenters. The van der Waals surface area contributed by atoms with Crippen molar-refractivity contribution in [2.75, 3.05) is 18.6 Å². The number of nitrogens with one attached hydrogen (secondary N) is 1. The van der Waals surface area contributed by atoms with Crippen molar-refractivity contribution in [1.29, 1.82) is 0 Å². The Bertz CT molecular complexity index is 799. The van der Waals surface area contributed by atoms with Gasteiger partial charge in [0, 0.05) is 17.8 Å². The summed E-state index contributed by atoms with van der Waals surface area (Å²) < 4.78 is 5.09. The Morgan fingerprint density at radius 3 is 2.48 bits per heavy atom. The maximum Gasteiger partial charge on any atom is 0.251 e. The van der Waals surface area contributed by atoms with Gasteiger partial charge in [-0.05, 0) is 67.8 Å². The van der Waals surface area contributed by atoms with Gasteiger partial charge in [-0.2, -0.15) is 0 Å². The van der Waals surface area contributed by atoms with Crippen LogP contribution in [0.1, 0.15) is 27.9 Å². The van der Waals surface area contributed by atoms with Gasteiger partial charge in [0.15, 0.2) is 0 Å². The van der Waals surface area contributed by atoms with E-state index in [-0.39, 0.29) is 11.8 Å². The molecule has 0 saturated carbocycles. The first-order chi connectivity index (χ1) is 12.0. The first-order valence-corrected chi connectivity index (χ1v) is 8.33. The molecule has 5 nitrogen and oxygen atoms in total. The Kier molecular flexibility index (Phi) is 4.74. The minimum Gasteiger partial charge on any atom is -0.497 e. The minimum atomic E-state index is -0.490. The summed E-state index contributed by atoms with van der Waals surface area (Å²) in [5.41, 5.74) is 3.74. The van der Waals surface area contributed by atoms with E-state index in [1.54, 1.807) is 36.3 Å². The number of hydrogen-bond acceptors (Lipinski definition) is 3. The molecule has 2 aromatic rings. The molecule has 0 unspecified atom stereocenters. The highest BCUT2D eigenvalue weighted by Gasteiger charge is 2.33. The number of carbonyl (C=O) groups excluding carboxylic acids is 2. The summed E-state index contributed by atoms with van der Waals surface area (Å²) in [6.07, 6.45) is 0.605. The fourth-order valence-electron chi connectivity index (χ4n) is 2.95. The number of nitrogens with zero attached hydrogens (tertiary/aromatic N) is 1. The molecule has 2 amide bonds. The molecular weight excluding hydrogens is 316 g/mol. The predicted octanol–water partition coefficient (Wildman–Crippen LogP) is 2.85. The third-order valence-corrected chi connectivity index (χ3v) is 4.67. The molecule has 0 bridgehead atoms. The van der Waals surface area contributed by atoms with Gasteiger partial charge in [0.25, 0.3) is 5.91 Å². The summed E-state index contributed by atoms with van der Waals surface area (Å²) in [5.74, 6) is 0.377. The zero-order valence-electron chi connectivity index (χ0n) is 14.7. The number of amides is 2. The van der Waals surface area contributed by atoms with Crippen molar-refractivity contribution in [2.24, 2.45) is 0 Å². The summed E-state index contributed by atoms with van der Waals surface area (Å²) in [6, 6.07) is 12.3. The van der Waals surface area contributed by atoms with E-state index >= 15 is 0 Å².